The predicted octanol–water partition coefficient (Wildman–Crippen LogP) is 5.34. The highest BCUT2D eigenvalue weighted by molar-refractivity contribution is 5.36. The smallest absolute Gasteiger partial charge is 0.118 e. The average molecular weight is 394 g/mol. The number of nitrogens with zero attached hydrogens (tertiary/aromatic N) is 1. The van der Waals surface area contributed by atoms with E-state index in [1.165, 1.54) is 37.7 Å². The Labute approximate surface area is 175 Å². The Morgan fingerprint density at radius 1 is 0.931 bits per heavy atom. The van der Waals surface area contributed by atoms with Gasteiger partial charge in [-0.3, -0.25) is 0 Å². The molecule has 2 aliphatic rings. The van der Waals surface area contributed by atoms with Gasteiger partial charge in [-0.2, -0.15) is 0 Å². The van der Waals surface area contributed by atoms with Gasteiger partial charge in [0.15, 0.2) is 0 Å². The zero-order valence-electron chi connectivity index (χ0n) is 17.7. The molecule has 3 nitrogen and oxygen atoms in total. The van der Waals surface area contributed by atoms with Crippen molar-refractivity contribution in [2.75, 3.05) is 26.7 Å². The summed E-state index contributed by atoms with van der Waals surface area (Å²) in [6, 6.07) is 18.9. The van der Waals surface area contributed by atoms with Crippen LogP contribution in [0, 0.1) is 5.92 Å². The van der Waals surface area contributed by atoms with Gasteiger partial charge in [-0.15, -0.1) is 0 Å². The molecule has 0 unspecified atom stereocenters. The Balaban J connectivity index is 1.77. The second kappa shape index (κ2) is 9.32. The van der Waals surface area contributed by atoms with E-state index in [0.717, 1.165) is 43.8 Å². The molecular formula is C26H35NO2. The van der Waals surface area contributed by atoms with E-state index in [9.17, 15) is 5.11 Å². The van der Waals surface area contributed by atoms with Gasteiger partial charge in [0.2, 0.25) is 0 Å². The zero-order chi connectivity index (χ0) is 20.1. The number of hydrogen-bond acceptors (Lipinski definition) is 3. The number of rotatable bonds is 7. The van der Waals surface area contributed by atoms with Crippen LogP contribution in [0.1, 0.15) is 62.0 Å². The van der Waals surface area contributed by atoms with E-state index in [1.807, 2.05) is 12.1 Å². The van der Waals surface area contributed by atoms with Crippen molar-refractivity contribution < 1.29 is 9.84 Å². The minimum Gasteiger partial charge on any atom is -0.497 e. The van der Waals surface area contributed by atoms with Crippen molar-refractivity contribution in [3.05, 3.63) is 65.7 Å². The van der Waals surface area contributed by atoms with Gasteiger partial charge in [0.1, 0.15) is 11.4 Å². The fraction of sp³-hybridized carbons (Fsp3) is 0.538. The van der Waals surface area contributed by atoms with Gasteiger partial charge in [0.25, 0.3) is 0 Å². The van der Waals surface area contributed by atoms with Crippen LogP contribution >= 0.6 is 0 Å². The molecule has 0 radical (unpaired) electrons. The molecule has 1 saturated carbocycles. The van der Waals surface area contributed by atoms with Gasteiger partial charge in [-0.05, 0) is 68.0 Å². The molecule has 1 heterocycles. The Morgan fingerprint density at radius 2 is 1.59 bits per heavy atom. The van der Waals surface area contributed by atoms with Crippen molar-refractivity contribution in [1.82, 2.24) is 4.90 Å². The zero-order valence-corrected chi connectivity index (χ0v) is 17.7. The number of aliphatic hydroxyl groups is 1. The Morgan fingerprint density at radius 3 is 2.21 bits per heavy atom. The van der Waals surface area contributed by atoms with Gasteiger partial charge in [0.05, 0.1) is 7.11 Å². The maximum absolute atomic E-state index is 12.6. The fourth-order valence-corrected chi connectivity index (χ4v) is 5.53. The van der Waals surface area contributed by atoms with E-state index in [0.29, 0.717) is 0 Å². The van der Waals surface area contributed by atoms with E-state index in [-0.39, 0.29) is 11.8 Å². The van der Waals surface area contributed by atoms with Crippen molar-refractivity contribution >= 4 is 0 Å². The molecule has 29 heavy (non-hydrogen) atoms. The first-order chi connectivity index (χ1) is 14.2. The predicted molar refractivity (Wildman–Crippen MR) is 118 cm³/mol. The van der Waals surface area contributed by atoms with Gasteiger partial charge in [-0.25, -0.2) is 0 Å². The Hall–Kier alpha value is -1.84. The first-order valence-corrected chi connectivity index (χ1v) is 11.4. The summed E-state index contributed by atoms with van der Waals surface area (Å²) in [5.41, 5.74) is 1.43. The van der Waals surface area contributed by atoms with Gasteiger partial charge < -0.3 is 14.7 Å². The van der Waals surface area contributed by atoms with Crippen LogP contribution < -0.4 is 4.74 Å². The molecule has 2 aromatic rings. The number of benzene rings is 2. The topological polar surface area (TPSA) is 32.7 Å². The van der Waals surface area contributed by atoms with Crippen LogP contribution in [-0.4, -0.2) is 36.8 Å². The molecule has 1 aliphatic carbocycles. The van der Waals surface area contributed by atoms with Gasteiger partial charge in [-0.1, -0.05) is 61.7 Å². The molecule has 2 aromatic carbocycles. The van der Waals surface area contributed by atoms with Gasteiger partial charge >= 0.3 is 0 Å². The molecule has 156 valence electrons. The van der Waals surface area contributed by atoms with E-state index >= 15 is 0 Å². The van der Waals surface area contributed by atoms with Crippen LogP contribution in [0.15, 0.2) is 54.6 Å². The minimum absolute atomic E-state index is 0.0679. The molecule has 0 spiro atoms. The third-order valence-electron chi connectivity index (χ3n) is 7.15. The number of likely N-dealkylation sites (tertiary alicyclic amines) is 1. The summed E-state index contributed by atoms with van der Waals surface area (Å²) in [5.74, 6) is 1.20. The number of hydrogen-bond donors (Lipinski definition) is 1. The minimum atomic E-state index is -0.864. The molecule has 2 atom stereocenters. The van der Waals surface area contributed by atoms with Gasteiger partial charge in [0, 0.05) is 12.5 Å². The van der Waals surface area contributed by atoms with E-state index < -0.39 is 5.60 Å². The van der Waals surface area contributed by atoms with Crippen LogP contribution in [-0.2, 0) is 5.60 Å². The fourth-order valence-electron chi connectivity index (χ4n) is 5.53. The van der Waals surface area contributed by atoms with Crippen LogP contribution in [0.2, 0.25) is 0 Å². The molecule has 0 aromatic heterocycles. The highest BCUT2D eigenvalue weighted by Crippen LogP contribution is 2.49. The lowest BCUT2D eigenvalue weighted by molar-refractivity contribution is -0.0690. The van der Waals surface area contributed by atoms with Crippen molar-refractivity contribution in [2.45, 2.75) is 56.5 Å². The molecule has 0 amide bonds. The first kappa shape index (κ1) is 20.4. The summed E-state index contributed by atoms with van der Waals surface area (Å²) in [4.78, 5) is 2.55. The van der Waals surface area contributed by atoms with Crippen molar-refractivity contribution in [3.8, 4) is 5.75 Å². The molecule has 3 heteroatoms. The highest BCUT2D eigenvalue weighted by Gasteiger charge is 2.46. The van der Waals surface area contributed by atoms with E-state index in [1.54, 1.807) is 7.11 Å². The quantitative estimate of drug-likeness (QED) is 0.689. The lowest BCUT2D eigenvalue weighted by atomic mass is 9.65. The lowest BCUT2D eigenvalue weighted by Gasteiger charge is -2.46. The molecular weight excluding hydrogens is 358 g/mol. The average Bonchev–Trinajstić information content (AvgIpc) is 3.32. The molecule has 1 N–H and O–H groups in total. The van der Waals surface area contributed by atoms with Crippen LogP contribution in [0.3, 0.4) is 0 Å². The summed E-state index contributed by atoms with van der Waals surface area (Å²) in [7, 11) is 1.70. The molecule has 4 rings (SSSR count). The first-order valence-electron chi connectivity index (χ1n) is 11.4. The summed E-state index contributed by atoms with van der Waals surface area (Å²) in [6.07, 6.45) is 8.47. The standard InChI is InChI=1S/C26H35NO2/c1-29-24-16-14-23(15-17-24)26(28,22-12-6-3-7-13-22)25(20-27-18-8-9-19-27)21-10-4-2-5-11-21/h2,4-5,10-11,14-17,22,25,28H,3,6-9,12-13,18-20H2,1H3/t25-,26+/m0/s1. The third kappa shape index (κ3) is 4.36. The molecule has 1 aliphatic heterocycles. The van der Waals surface area contributed by atoms with E-state index in [2.05, 4.69) is 47.4 Å². The number of methoxy groups -OCH3 is 1. The number of ether oxygens (including phenoxy) is 1. The maximum Gasteiger partial charge on any atom is 0.118 e. The summed E-state index contributed by atoms with van der Waals surface area (Å²) < 4.78 is 5.39. The second-order valence-electron chi connectivity index (χ2n) is 8.86. The monoisotopic (exact) mass is 393 g/mol. The molecule has 2 fully saturated rings. The second-order valence-corrected chi connectivity index (χ2v) is 8.86. The molecule has 1 saturated heterocycles. The highest BCUT2D eigenvalue weighted by atomic mass is 16.5. The van der Waals surface area contributed by atoms with Crippen molar-refractivity contribution in [3.63, 3.8) is 0 Å². The van der Waals surface area contributed by atoms with Crippen LogP contribution in [0.4, 0.5) is 0 Å². The summed E-state index contributed by atoms with van der Waals surface area (Å²) in [5, 5.41) is 12.6. The van der Waals surface area contributed by atoms with Crippen LogP contribution in [0.5, 0.6) is 5.75 Å². The largest absolute Gasteiger partial charge is 0.497 e. The third-order valence-corrected chi connectivity index (χ3v) is 7.15. The normalized spacial score (nSPS) is 21.6. The van der Waals surface area contributed by atoms with Crippen molar-refractivity contribution in [2.24, 2.45) is 5.92 Å². The Kier molecular flexibility index (Phi) is 6.56. The van der Waals surface area contributed by atoms with E-state index in [4.69, 9.17) is 4.74 Å². The molecule has 0 bridgehead atoms. The summed E-state index contributed by atoms with van der Waals surface area (Å²) in [6.45, 7) is 3.21. The Bertz CT molecular complexity index is 748. The maximum atomic E-state index is 12.6. The van der Waals surface area contributed by atoms with Crippen molar-refractivity contribution in [1.29, 1.82) is 0 Å². The summed E-state index contributed by atoms with van der Waals surface area (Å²) >= 11 is 0. The SMILES string of the molecule is COc1ccc([C@](O)(C2CCCCC2)[C@@H](CN2CCCC2)c2ccccc2)cc1. The van der Waals surface area contributed by atoms with Crippen LogP contribution in [0.25, 0.3) is 0 Å². The lowest BCUT2D eigenvalue weighted by Crippen LogP contribution is -2.46.